The Bertz CT molecular complexity index is 182. The molecule has 0 aromatic heterocycles. The third kappa shape index (κ3) is 4.02. The molecule has 2 nitrogen and oxygen atoms in total. The largest absolute Gasteiger partial charge is 0.316 e. The number of thioether (sulfide) groups is 1. The summed E-state index contributed by atoms with van der Waals surface area (Å²) >= 11 is 1.89. The van der Waals surface area contributed by atoms with Gasteiger partial charge in [0.25, 0.3) is 0 Å². The van der Waals surface area contributed by atoms with Crippen LogP contribution in [-0.2, 0) is 0 Å². The maximum absolute atomic E-state index is 8.60. The Morgan fingerprint density at radius 2 is 2.31 bits per heavy atom. The van der Waals surface area contributed by atoms with Crippen LogP contribution in [0.5, 0.6) is 0 Å². The normalized spacial score (nSPS) is 18.2. The predicted octanol–water partition coefficient (Wildman–Crippen LogP) is 2.02. The fourth-order valence-electron chi connectivity index (χ4n) is 1.46. The number of nitrogens with zero attached hydrogens (tertiary/aromatic N) is 1. The molecule has 0 aromatic carbocycles. The van der Waals surface area contributed by atoms with Crippen LogP contribution < -0.4 is 5.32 Å². The Balaban J connectivity index is 1.97. The molecule has 0 radical (unpaired) electrons. The molecule has 3 heteroatoms. The molecular weight excluding hydrogens is 180 g/mol. The summed E-state index contributed by atoms with van der Waals surface area (Å²) in [6.45, 7) is 2.16. The zero-order chi connectivity index (χ0) is 9.57. The molecule has 13 heavy (non-hydrogen) atoms. The maximum atomic E-state index is 8.60. The van der Waals surface area contributed by atoms with Crippen LogP contribution in [0.15, 0.2) is 0 Å². The molecule has 0 aromatic rings. The van der Waals surface area contributed by atoms with Crippen molar-refractivity contribution in [3.8, 4) is 6.07 Å². The summed E-state index contributed by atoms with van der Waals surface area (Å²) in [5.74, 6) is 1.23. The second-order valence-electron chi connectivity index (χ2n) is 3.86. The first-order valence-corrected chi connectivity index (χ1v) is 6.29. The van der Waals surface area contributed by atoms with E-state index in [9.17, 15) is 0 Å². The van der Waals surface area contributed by atoms with Crippen LogP contribution in [0.2, 0.25) is 0 Å². The van der Waals surface area contributed by atoms with Crippen LogP contribution in [0.1, 0.15) is 25.7 Å². The number of nitrogens with one attached hydrogen (secondary N) is 1. The van der Waals surface area contributed by atoms with E-state index in [0.717, 1.165) is 19.5 Å². The molecule has 0 aliphatic heterocycles. The van der Waals surface area contributed by atoms with Crippen molar-refractivity contribution in [2.24, 2.45) is 5.41 Å². The first-order valence-electron chi connectivity index (χ1n) is 4.90. The molecule has 1 N–H and O–H groups in total. The zero-order valence-electron chi connectivity index (χ0n) is 8.31. The van der Waals surface area contributed by atoms with Crippen LogP contribution in [0.25, 0.3) is 0 Å². The van der Waals surface area contributed by atoms with E-state index in [1.165, 1.54) is 25.0 Å². The highest BCUT2D eigenvalue weighted by atomic mass is 32.2. The molecule has 1 rings (SSSR count). The molecule has 1 aliphatic carbocycles. The summed E-state index contributed by atoms with van der Waals surface area (Å²) in [5.41, 5.74) is 0.369. The van der Waals surface area contributed by atoms with Gasteiger partial charge in [0.05, 0.1) is 6.07 Å². The minimum absolute atomic E-state index is 0.369. The van der Waals surface area contributed by atoms with Crippen molar-refractivity contribution >= 4 is 11.8 Å². The summed E-state index contributed by atoms with van der Waals surface area (Å²) in [4.78, 5) is 0. The minimum Gasteiger partial charge on any atom is -0.316 e. The van der Waals surface area contributed by atoms with Crippen molar-refractivity contribution in [1.29, 1.82) is 5.26 Å². The van der Waals surface area contributed by atoms with E-state index in [1.54, 1.807) is 0 Å². The summed E-state index contributed by atoms with van der Waals surface area (Å²) in [5, 5.41) is 12.0. The average molecular weight is 198 g/mol. The monoisotopic (exact) mass is 198 g/mol. The Hall–Kier alpha value is -0.200. The molecule has 0 atom stereocenters. The lowest BCUT2D eigenvalue weighted by Crippen LogP contribution is -2.25. The highest BCUT2D eigenvalue weighted by Crippen LogP contribution is 2.47. The minimum atomic E-state index is 0.369. The lowest BCUT2D eigenvalue weighted by Gasteiger charge is -2.11. The van der Waals surface area contributed by atoms with Crippen molar-refractivity contribution in [2.75, 3.05) is 25.1 Å². The number of rotatable bonds is 7. The van der Waals surface area contributed by atoms with Gasteiger partial charge in [-0.25, -0.2) is 0 Å². The number of nitriles is 1. The van der Waals surface area contributed by atoms with E-state index in [1.807, 2.05) is 11.8 Å². The van der Waals surface area contributed by atoms with Gasteiger partial charge in [-0.1, -0.05) is 0 Å². The smallest absolute Gasteiger partial charge is 0.0628 e. The van der Waals surface area contributed by atoms with Gasteiger partial charge in [-0.2, -0.15) is 17.0 Å². The van der Waals surface area contributed by atoms with E-state index in [2.05, 4.69) is 17.6 Å². The quantitative estimate of drug-likeness (QED) is 0.636. The molecule has 1 saturated carbocycles. The Morgan fingerprint density at radius 3 is 2.85 bits per heavy atom. The number of hydrogen-bond donors (Lipinski definition) is 1. The molecule has 74 valence electrons. The highest BCUT2D eigenvalue weighted by molar-refractivity contribution is 7.98. The van der Waals surface area contributed by atoms with E-state index in [-0.39, 0.29) is 0 Å². The number of hydrogen-bond acceptors (Lipinski definition) is 3. The standard InChI is InChI=1S/C10H18N2S/c1-13-8-2-7-12-9-10(3-4-10)5-6-11/h12H,2-5,7-9H2,1H3. The fraction of sp³-hybridized carbons (Fsp3) is 0.900. The summed E-state index contributed by atoms with van der Waals surface area (Å²) in [6, 6.07) is 2.28. The lowest BCUT2D eigenvalue weighted by atomic mass is 10.0. The Kier molecular flexibility index (Phi) is 4.61. The summed E-state index contributed by atoms with van der Waals surface area (Å²) in [7, 11) is 0. The van der Waals surface area contributed by atoms with Gasteiger partial charge in [-0.3, -0.25) is 0 Å². The van der Waals surface area contributed by atoms with Gasteiger partial charge in [0.1, 0.15) is 0 Å². The molecule has 1 fully saturated rings. The van der Waals surface area contributed by atoms with Gasteiger partial charge in [0, 0.05) is 13.0 Å². The van der Waals surface area contributed by atoms with Crippen molar-refractivity contribution in [2.45, 2.75) is 25.7 Å². The topological polar surface area (TPSA) is 35.8 Å². The van der Waals surface area contributed by atoms with Crippen LogP contribution in [0.3, 0.4) is 0 Å². The molecule has 0 bridgehead atoms. The van der Waals surface area contributed by atoms with Gasteiger partial charge in [0.2, 0.25) is 0 Å². The van der Waals surface area contributed by atoms with Crippen LogP contribution in [0, 0.1) is 16.7 Å². The summed E-state index contributed by atoms with van der Waals surface area (Å²) in [6.07, 6.45) is 6.61. The second kappa shape index (κ2) is 5.51. The van der Waals surface area contributed by atoms with Crippen LogP contribution in [-0.4, -0.2) is 25.1 Å². The van der Waals surface area contributed by atoms with Crippen molar-refractivity contribution in [3.05, 3.63) is 0 Å². The van der Waals surface area contributed by atoms with E-state index >= 15 is 0 Å². The van der Waals surface area contributed by atoms with Gasteiger partial charge in [0.15, 0.2) is 0 Å². The van der Waals surface area contributed by atoms with Gasteiger partial charge >= 0.3 is 0 Å². The average Bonchev–Trinajstić information content (AvgIpc) is 2.86. The van der Waals surface area contributed by atoms with Crippen molar-refractivity contribution in [3.63, 3.8) is 0 Å². The SMILES string of the molecule is CSCCCNCC1(CC#N)CC1. The molecule has 0 heterocycles. The first-order chi connectivity index (χ1) is 6.33. The van der Waals surface area contributed by atoms with Gasteiger partial charge < -0.3 is 5.32 Å². The second-order valence-corrected chi connectivity index (χ2v) is 4.84. The molecule has 1 aliphatic rings. The maximum Gasteiger partial charge on any atom is 0.0628 e. The first kappa shape index (κ1) is 10.9. The highest BCUT2D eigenvalue weighted by Gasteiger charge is 2.41. The Morgan fingerprint density at radius 1 is 1.54 bits per heavy atom. The third-order valence-electron chi connectivity index (χ3n) is 2.61. The van der Waals surface area contributed by atoms with Crippen LogP contribution in [0.4, 0.5) is 0 Å². The molecule has 0 spiro atoms. The van der Waals surface area contributed by atoms with E-state index < -0.39 is 0 Å². The lowest BCUT2D eigenvalue weighted by molar-refractivity contribution is 0.468. The Labute approximate surface area is 85.1 Å². The fourth-order valence-corrected chi connectivity index (χ4v) is 1.89. The molecule has 0 saturated heterocycles. The van der Waals surface area contributed by atoms with Gasteiger partial charge in [-0.05, 0) is 43.2 Å². The van der Waals surface area contributed by atoms with Crippen molar-refractivity contribution < 1.29 is 0 Å². The third-order valence-corrected chi connectivity index (χ3v) is 3.31. The predicted molar refractivity (Wildman–Crippen MR) is 57.8 cm³/mol. The zero-order valence-corrected chi connectivity index (χ0v) is 9.12. The summed E-state index contributed by atoms with van der Waals surface area (Å²) < 4.78 is 0. The molecular formula is C10H18N2S. The molecule has 0 unspecified atom stereocenters. The van der Waals surface area contributed by atoms with E-state index in [4.69, 9.17) is 5.26 Å². The van der Waals surface area contributed by atoms with E-state index in [0.29, 0.717) is 5.41 Å². The van der Waals surface area contributed by atoms with Gasteiger partial charge in [-0.15, -0.1) is 0 Å². The molecule has 0 amide bonds. The van der Waals surface area contributed by atoms with Crippen molar-refractivity contribution in [1.82, 2.24) is 5.32 Å². The van der Waals surface area contributed by atoms with Crippen LogP contribution >= 0.6 is 11.8 Å².